The molecule has 170 valence electrons. The second kappa shape index (κ2) is 8.16. The van der Waals surface area contributed by atoms with Crippen LogP contribution < -0.4 is 21.3 Å². The summed E-state index contributed by atoms with van der Waals surface area (Å²) in [5.74, 6) is -0.947. The summed E-state index contributed by atoms with van der Waals surface area (Å²) in [6.45, 7) is 1.64. The molecule has 3 N–H and O–H groups in total. The lowest BCUT2D eigenvalue weighted by atomic mass is 10.1. The number of hydrogen-bond acceptors (Lipinski definition) is 7. The molecule has 1 saturated carbocycles. The van der Waals surface area contributed by atoms with Crippen LogP contribution in [-0.2, 0) is 0 Å². The molecule has 0 aliphatic heterocycles. The second-order valence-electron chi connectivity index (χ2n) is 7.50. The van der Waals surface area contributed by atoms with Gasteiger partial charge in [-0.1, -0.05) is 23.2 Å². The Morgan fingerprint density at radius 3 is 2.82 bits per heavy atom. The van der Waals surface area contributed by atoms with Crippen LogP contribution in [0.15, 0.2) is 28.1 Å². The van der Waals surface area contributed by atoms with Crippen LogP contribution in [0.4, 0.5) is 4.39 Å². The van der Waals surface area contributed by atoms with Gasteiger partial charge < -0.3 is 14.8 Å². The highest BCUT2D eigenvalue weighted by atomic mass is 35.5. The number of fused-ring (bicyclic) bond motifs is 1. The first-order valence-electron chi connectivity index (χ1n) is 9.93. The van der Waals surface area contributed by atoms with Gasteiger partial charge in [0.05, 0.1) is 17.3 Å². The summed E-state index contributed by atoms with van der Waals surface area (Å²) in [6.07, 6.45) is 4.08. The maximum atomic E-state index is 14.0. The Labute approximate surface area is 194 Å². The quantitative estimate of drug-likeness (QED) is 0.365. The van der Waals surface area contributed by atoms with Gasteiger partial charge in [-0.15, -0.1) is 0 Å². The highest BCUT2D eigenvalue weighted by molar-refractivity contribution is 6.36. The lowest BCUT2D eigenvalue weighted by Gasteiger charge is -2.16. The number of aromatic amines is 2. The monoisotopic (exact) mass is 491 g/mol. The van der Waals surface area contributed by atoms with E-state index in [0.29, 0.717) is 10.9 Å². The van der Waals surface area contributed by atoms with Gasteiger partial charge in [0.15, 0.2) is 5.65 Å². The largest absolute Gasteiger partial charge is 0.493 e. The number of hydrogen-bond donors (Lipinski definition) is 3. The smallest absolute Gasteiger partial charge is 0.326 e. The van der Waals surface area contributed by atoms with Gasteiger partial charge in [-0.2, -0.15) is 19.6 Å². The Bertz CT molecular complexity index is 1560. The Morgan fingerprint density at radius 1 is 1.33 bits per heavy atom. The number of aromatic nitrogens is 6. The van der Waals surface area contributed by atoms with E-state index in [9.17, 15) is 14.3 Å². The molecule has 0 bridgehead atoms. The van der Waals surface area contributed by atoms with Gasteiger partial charge in [-0.3, -0.25) is 4.98 Å². The van der Waals surface area contributed by atoms with E-state index in [0.717, 1.165) is 12.8 Å². The molecule has 0 radical (unpaired) electrons. The van der Waals surface area contributed by atoms with E-state index in [4.69, 9.17) is 27.9 Å². The predicted octanol–water partition coefficient (Wildman–Crippen LogP) is 2.04. The molecule has 0 saturated heterocycles. The summed E-state index contributed by atoms with van der Waals surface area (Å²) in [5, 5.41) is 14.7. The molecular formula is C20H16Cl2FN7O3. The first-order valence-corrected chi connectivity index (χ1v) is 10.7. The minimum Gasteiger partial charge on any atom is -0.493 e. The highest BCUT2D eigenvalue weighted by Gasteiger charge is 2.23. The van der Waals surface area contributed by atoms with Crippen molar-refractivity contribution in [3.63, 3.8) is 0 Å². The van der Waals surface area contributed by atoms with Crippen LogP contribution >= 0.6 is 23.2 Å². The van der Waals surface area contributed by atoms with Crippen molar-refractivity contribution in [3.05, 3.63) is 66.8 Å². The van der Waals surface area contributed by atoms with Crippen molar-refractivity contribution in [2.24, 2.45) is 4.99 Å². The third-order valence-electron chi connectivity index (χ3n) is 5.01. The Morgan fingerprint density at radius 2 is 2.12 bits per heavy atom. The normalized spacial score (nSPS) is 16.0. The van der Waals surface area contributed by atoms with Crippen molar-refractivity contribution in [1.29, 1.82) is 0 Å². The van der Waals surface area contributed by atoms with Crippen LogP contribution in [0.2, 0.25) is 10.0 Å². The Balaban J connectivity index is 1.63. The molecule has 33 heavy (non-hydrogen) atoms. The van der Waals surface area contributed by atoms with Gasteiger partial charge in [-0.05, 0) is 38.0 Å². The molecule has 1 aliphatic rings. The second-order valence-corrected chi connectivity index (χ2v) is 8.29. The summed E-state index contributed by atoms with van der Waals surface area (Å²) in [5.41, 5.74) is 0.453. The number of rotatable bonds is 5. The molecule has 5 rings (SSSR count). The van der Waals surface area contributed by atoms with Gasteiger partial charge in [-0.25, -0.2) is 14.2 Å². The van der Waals surface area contributed by atoms with E-state index in [1.165, 1.54) is 28.9 Å². The van der Waals surface area contributed by atoms with Gasteiger partial charge in [0.25, 0.3) is 5.62 Å². The Kier molecular flexibility index (Phi) is 5.29. The van der Waals surface area contributed by atoms with E-state index < -0.39 is 17.6 Å². The van der Waals surface area contributed by atoms with Crippen LogP contribution in [0, 0.1) is 5.82 Å². The average Bonchev–Trinajstić information content (AvgIpc) is 3.40. The molecule has 3 heterocycles. The van der Waals surface area contributed by atoms with Crippen LogP contribution in [0.25, 0.3) is 11.7 Å². The zero-order valence-electron chi connectivity index (χ0n) is 17.0. The molecule has 1 aliphatic carbocycles. The SMILES string of the molecule is C[C@@H](Oc1nc(=NC2CC2)n2nc/c(=C\c3[nH]c(=O)[nH]c3O)c2n1)c1c(Cl)ccc(F)c1Cl. The lowest BCUT2D eigenvalue weighted by Crippen LogP contribution is -2.24. The molecule has 0 amide bonds. The number of imidazole rings is 1. The molecule has 3 aromatic heterocycles. The Hall–Kier alpha value is -3.44. The molecule has 1 atom stereocenters. The zero-order valence-corrected chi connectivity index (χ0v) is 18.5. The van der Waals surface area contributed by atoms with E-state index >= 15 is 0 Å². The summed E-state index contributed by atoms with van der Waals surface area (Å²) >= 11 is 12.3. The third-order valence-corrected chi connectivity index (χ3v) is 5.72. The molecule has 0 spiro atoms. The minimum atomic E-state index is -0.780. The average molecular weight is 492 g/mol. The number of aromatic hydroxyl groups is 1. The number of halogens is 3. The fourth-order valence-corrected chi connectivity index (χ4v) is 3.92. The fourth-order valence-electron chi connectivity index (χ4n) is 3.25. The van der Waals surface area contributed by atoms with Crippen LogP contribution in [0.5, 0.6) is 11.9 Å². The zero-order chi connectivity index (χ0) is 23.3. The van der Waals surface area contributed by atoms with E-state index in [1.807, 2.05) is 0 Å². The molecule has 13 heteroatoms. The summed E-state index contributed by atoms with van der Waals surface area (Å²) in [6, 6.07) is 2.64. The fraction of sp³-hybridized carbons (Fsp3) is 0.250. The van der Waals surface area contributed by atoms with E-state index in [1.54, 1.807) is 6.92 Å². The van der Waals surface area contributed by atoms with Crippen LogP contribution in [0.3, 0.4) is 0 Å². The maximum Gasteiger partial charge on any atom is 0.326 e. The summed E-state index contributed by atoms with van der Waals surface area (Å²) < 4.78 is 21.3. The summed E-state index contributed by atoms with van der Waals surface area (Å²) in [7, 11) is 0. The number of ether oxygens (including phenoxy) is 1. The topological polar surface area (TPSA) is 134 Å². The van der Waals surface area contributed by atoms with Crippen molar-refractivity contribution < 1.29 is 14.2 Å². The standard InChI is InChI=1S/C20H16Cl2FN7O3/c1-8(14-11(21)4-5-12(23)15(14)22)33-20-27-16-9(6-13-17(31)28-19(32)26-13)7-24-30(16)18(29-20)25-10-2-3-10/h4-8,10,31H,2-3H2,1H3,(H2,26,28,32)/b9-6+,25-18?/t8-/m1/s1. The van der Waals surface area contributed by atoms with Crippen molar-refractivity contribution in [2.75, 3.05) is 0 Å². The minimum absolute atomic E-state index is 0.0484. The van der Waals surface area contributed by atoms with Crippen molar-refractivity contribution in [1.82, 2.24) is 29.5 Å². The number of nitrogens with one attached hydrogen (secondary N) is 2. The molecule has 10 nitrogen and oxygen atoms in total. The van der Waals surface area contributed by atoms with Crippen molar-refractivity contribution in [3.8, 4) is 11.9 Å². The van der Waals surface area contributed by atoms with E-state index in [2.05, 4.69) is 30.0 Å². The molecule has 0 unspecified atom stereocenters. The summed E-state index contributed by atoms with van der Waals surface area (Å²) in [4.78, 5) is 29.5. The first-order chi connectivity index (χ1) is 15.8. The van der Waals surface area contributed by atoms with Gasteiger partial charge >= 0.3 is 11.7 Å². The number of H-pyrrole nitrogens is 2. The first kappa shape index (κ1) is 21.4. The third kappa shape index (κ3) is 4.16. The lowest BCUT2D eigenvalue weighted by molar-refractivity contribution is 0.205. The highest BCUT2D eigenvalue weighted by Crippen LogP contribution is 2.34. The number of benzene rings is 1. The van der Waals surface area contributed by atoms with Crippen LogP contribution in [-0.4, -0.2) is 40.7 Å². The van der Waals surface area contributed by atoms with Crippen LogP contribution in [0.1, 0.15) is 37.1 Å². The molecule has 1 fully saturated rings. The predicted molar refractivity (Wildman–Crippen MR) is 117 cm³/mol. The van der Waals surface area contributed by atoms with Crippen molar-refractivity contribution in [2.45, 2.75) is 31.9 Å². The van der Waals surface area contributed by atoms with E-state index in [-0.39, 0.29) is 44.9 Å². The molecule has 1 aromatic carbocycles. The van der Waals surface area contributed by atoms with Crippen molar-refractivity contribution >= 4 is 34.9 Å². The van der Waals surface area contributed by atoms with Gasteiger partial charge in [0.2, 0.25) is 5.88 Å². The van der Waals surface area contributed by atoms with Gasteiger partial charge in [0.1, 0.15) is 17.6 Å². The molecule has 4 aromatic rings. The van der Waals surface area contributed by atoms with Gasteiger partial charge in [0, 0.05) is 15.8 Å². The maximum absolute atomic E-state index is 14.0. The number of nitrogens with zero attached hydrogens (tertiary/aromatic N) is 5. The molecular weight excluding hydrogens is 476 g/mol.